The topological polar surface area (TPSA) is 275 Å². The van der Waals surface area contributed by atoms with Gasteiger partial charge in [0.2, 0.25) is 0 Å². The molecular weight excluding hydrogens is 846 g/mol. The number of ether oxygens (including phenoxy) is 15. The molecule has 7 heterocycles. The number of carbonyl (C=O) groups is 3. The summed E-state index contributed by atoms with van der Waals surface area (Å²) >= 11 is 0. The fraction of sp³-hybridized carbons (Fsp3) is 0.846. The molecule has 0 aromatic carbocycles. The first-order valence-corrected chi connectivity index (χ1v) is 21.4. The second-order valence-electron chi connectivity index (χ2n) is 15.8. The second kappa shape index (κ2) is 24.0. The van der Waals surface area contributed by atoms with Gasteiger partial charge >= 0.3 is 35.0 Å². The standard InChI is InChI=1S/C39H57N3O21/c43-34(61-31(13-49-7-25-19-55-25)14-50-8-26-20-56-26)1-4-40-37(46)41(5-2-35(44)62-32(15-51-9-27-21-57-27)16-52-10-28-22-58-28)39(48)42(38(40)47)6-3-36(45)63-33(17-53-11-29-23-59-29)18-54-12-30-24-60-30/h25-33H,1-24H2. The van der Waals surface area contributed by atoms with Gasteiger partial charge in [0, 0.05) is 19.6 Å². The third-order valence-electron chi connectivity index (χ3n) is 9.96. The monoisotopic (exact) mass is 903 g/mol. The lowest BCUT2D eigenvalue weighted by Gasteiger charge is -2.19. The third-order valence-corrected chi connectivity index (χ3v) is 9.96. The van der Waals surface area contributed by atoms with Gasteiger partial charge in [0.25, 0.3) is 0 Å². The van der Waals surface area contributed by atoms with Crippen molar-refractivity contribution in [3.05, 3.63) is 31.5 Å². The molecule has 1 aromatic rings. The lowest BCUT2D eigenvalue weighted by atomic mass is 10.3. The smallest absolute Gasteiger partial charge is 0.336 e. The number of rotatable bonds is 36. The highest BCUT2D eigenvalue weighted by Gasteiger charge is 2.30. The predicted octanol–water partition coefficient (Wildman–Crippen LogP) is -3.43. The highest BCUT2D eigenvalue weighted by Crippen LogP contribution is 2.14. The van der Waals surface area contributed by atoms with Crippen LogP contribution in [0.15, 0.2) is 14.4 Å². The normalized spacial score (nSPS) is 25.1. The third kappa shape index (κ3) is 18.0. The van der Waals surface area contributed by atoms with Gasteiger partial charge in [-0.25, -0.2) is 28.1 Å². The summed E-state index contributed by atoms with van der Waals surface area (Å²) in [7, 11) is 0. The number of epoxide rings is 6. The van der Waals surface area contributed by atoms with Gasteiger partial charge in [0.15, 0.2) is 0 Å². The van der Waals surface area contributed by atoms with Crippen LogP contribution in [0.25, 0.3) is 0 Å². The van der Waals surface area contributed by atoms with Crippen LogP contribution >= 0.6 is 0 Å². The van der Waals surface area contributed by atoms with Crippen LogP contribution in [0.5, 0.6) is 0 Å². The van der Waals surface area contributed by atoms with E-state index >= 15 is 0 Å². The van der Waals surface area contributed by atoms with Crippen molar-refractivity contribution in [2.24, 2.45) is 0 Å². The summed E-state index contributed by atoms with van der Waals surface area (Å²) in [5.41, 5.74) is -3.27. The second-order valence-corrected chi connectivity index (χ2v) is 15.8. The molecule has 6 atom stereocenters. The number of carbonyl (C=O) groups excluding carboxylic acids is 3. The lowest BCUT2D eigenvalue weighted by molar-refractivity contribution is -0.157. The lowest BCUT2D eigenvalue weighted by Crippen LogP contribution is -2.55. The van der Waals surface area contributed by atoms with E-state index < -0.39 is 92.2 Å². The molecule has 6 fully saturated rings. The van der Waals surface area contributed by atoms with Crippen molar-refractivity contribution in [3.8, 4) is 0 Å². The molecule has 0 aliphatic carbocycles. The molecule has 0 radical (unpaired) electrons. The van der Waals surface area contributed by atoms with Gasteiger partial charge in [0.05, 0.1) is 138 Å². The van der Waals surface area contributed by atoms with Crippen LogP contribution in [0.3, 0.4) is 0 Å². The Kier molecular flexibility index (Phi) is 18.0. The van der Waals surface area contributed by atoms with E-state index in [-0.39, 0.29) is 76.3 Å². The molecule has 1 aromatic heterocycles. The van der Waals surface area contributed by atoms with Gasteiger partial charge in [0.1, 0.15) is 54.9 Å². The minimum atomic E-state index is -1.09. The maximum absolute atomic E-state index is 13.8. The minimum absolute atomic E-state index is 0.00685. The molecule has 24 heteroatoms. The Hall–Kier alpha value is -3.66. The van der Waals surface area contributed by atoms with E-state index in [9.17, 15) is 28.8 Å². The van der Waals surface area contributed by atoms with Crippen molar-refractivity contribution in [2.45, 2.75) is 93.8 Å². The first kappa shape index (κ1) is 47.3. The van der Waals surface area contributed by atoms with Crippen LogP contribution < -0.4 is 17.1 Å². The fourth-order valence-corrected chi connectivity index (χ4v) is 5.92. The van der Waals surface area contributed by atoms with E-state index in [2.05, 4.69) is 0 Å². The molecule has 0 spiro atoms. The zero-order valence-electron chi connectivity index (χ0n) is 35.1. The summed E-state index contributed by atoms with van der Waals surface area (Å²) in [4.78, 5) is 80.8. The number of aromatic nitrogens is 3. The zero-order valence-corrected chi connectivity index (χ0v) is 35.1. The van der Waals surface area contributed by atoms with Crippen molar-refractivity contribution < 1.29 is 85.4 Å². The summed E-state index contributed by atoms with van der Waals surface area (Å²) in [6.45, 7) is 3.79. The molecular formula is C39H57N3O21. The molecule has 7 rings (SSSR count). The van der Waals surface area contributed by atoms with E-state index in [1.165, 1.54) is 0 Å². The van der Waals surface area contributed by atoms with Crippen LogP contribution in [0.1, 0.15) is 19.3 Å². The molecule has 0 bridgehead atoms. The van der Waals surface area contributed by atoms with E-state index in [0.717, 1.165) is 0 Å². The summed E-state index contributed by atoms with van der Waals surface area (Å²) in [6.07, 6.45) is -4.00. The van der Waals surface area contributed by atoms with E-state index in [1.807, 2.05) is 0 Å². The Morgan fingerprint density at radius 1 is 0.397 bits per heavy atom. The summed E-state index contributed by atoms with van der Waals surface area (Å²) in [6, 6.07) is 0. The van der Waals surface area contributed by atoms with E-state index in [0.29, 0.717) is 93.0 Å². The minimum Gasteiger partial charge on any atom is -0.457 e. The van der Waals surface area contributed by atoms with Crippen LogP contribution in [-0.2, 0) is 105 Å². The summed E-state index contributed by atoms with van der Waals surface area (Å²) in [5.74, 6) is -2.35. The molecule has 0 N–H and O–H groups in total. The molecule has 63 heavy (non-hydrogen) atoms. The van der Waals surface area contributed by atoms with Gasteiger partial charge in [-0.1, -0.05) is 0 Å². The number of hydrogen-bond donors (Lipinski definition) is 0. The molecule has 354 valence electrons. The molecule has 6 aliphatic rings. The maximum Gasteiger partial charge on any atom is 0.336 e. The van der Waals surface area contributed by atoms with Crippen LogP contribution in [0.4, 0.5) is 0 Å². The van der Waals surface area contributed by atoms with E-state index in [1.54, 1.807) is 0 Å². The van der Waals surface area contributed by atoms with Gasteiger partial charge in [-0.05, 0) is 0 Å². The van der Waals surface area contributed by atoms with Gasteiger partial charge in [-0.2, -0.15) is 0 Å². The van der Waals surface area contributed by atoms with Crippen molar-refractivity contribution in [1.82, 2.24) is 13.7 Å². The molecule has 6 unspecified atom stereocenters. The largest absolute Gasteiger partial charge is 0.457 e. The number of esters is 3. The summed E-state index contributed by atoms with van der Waals surface area (Å²) < 4.78 is 83.5. The molecule has 24 nitrogen and oxygen atoms in total. The Morgan fingerprint density at radius 2 is 0.587 bits per heavy atom. The average Bonchev–Trinajstić information content (AvgIpc) is 4.03. The molecule has 6 saturated heterocycles. The first-order valence-electron chi connectivity index (χ1n) is 21.4. The average molecular weight is 904 g/mol. The van der Waals surface area contributed by atoms with Crippen molar-refractivity contribution in [1.29, 1.82) is 0 Å². The highest BCUT2D eigenvalue weighted by atomic mass is 16.6. The first-order chi connectivity index (χ1) is 30.7. The number of nitrogens with zero attached hydrogens (tertiary/aromatic N) is 3. The Bertz CT molecular complexity index is 1520. The SMILES string of the molecule is O=C(CCn1c(=O)n(CCC(=O)OC(COCC2CO2)COCC2CO2)c(=O)n(CCC(=O)OC(COCC2CO2)COCC2CO2)c1=O)OC(COCC1CO1)COCC1CO1. The molecule has 0 amide bonds. The summed E-state index contributed by atoms with van der Waals surface area (Å²) in [5, 5.41) is 0. The van der Waals surface area contributed by atoms with Crippen LogP contribution in [-0.4, -0.2) is 205 Å². The van der Waals surface area contributed by atoms with Gasteiger partial charge in [-0.15, -0.1) is 0 Å². The predicted molar refractivity (Wildman–Crippen MR) is 206 cm³/mol. The van der Waals surface area contributed by atoms with Crippen molar-refractivity contribution >= 4 is 17.9 Å². The van der Waals surface area contributed by atoms with E-state index in [4.69, 9.17) is 71.1 Å². The van der Waals surface area contributed by atoms with Crippen LogP contribution in [0, 0.1) is 0 Å². The van der Waals surface area contributed by atoms with Gasteiger partial charge in [-0.3, -0.25) is 14.4 Å². The van der Waals surface area contributed by atoms with Crippen molar-refractivity contribution in [2.75, 3.05) is 119 Å². The Labute approximate surface area is 360 Å². The quantitative estimate of drug-likeness (QED) is 0.0360. The van der Waals surface area contributed by atoms with Gasteiger partial charge < -0.3 is 71.1 Å². The maximum atomic E-state index is 13.8. The van der Waals surface area contributed by atoms with Crippen LogP contribution in [0.2, 0.25) is 0 Å². The van der Waals surface area contributed by atoms with Crippen molar-refractivity contribution in [3.63, 3.8) is 0 Å². The Morgan fingerprint density at radius 3 is 0.762 bits per heavy atom. The zero-order chi connectivity index (χ0) is 44.0. The Balaban J connectivity index is 0.994. The molecule has 6 aliphatic heterocycles. The highest BCUT2D eigenvalue weighted by molar-refractivity contribution is 5.70. The fourth-order valence-electron chi connectivity index (χ4n) is 5.92. The number of hydrogen-bond acceptors (Lipinski definition) is 21. The molecule has 0 saturated carbocycles.